The second kappa shape index (κ2) is 6.18. The summed E-state index contributed by atoms with van der Waals surface area (Å²) in [6.07, 6.45) is 0. The third kappa shape index (κ3) is 3.32. The Balaban J connectivity index is 1.51. The van der Waals surface area contributed by atoms with Gasteiger partial charge in [-0.25, -0.2) is 4.68 Å². The number of hydrogen-bond donors (Lipinski definition) is 0. The molecule has 0 radical (unpaired) electrons. The molecule has 4 aromatic rings. The van der Waals surface area contributed by atoms with Gasteiger partial charge in [0.25, 0.3) is 0 Å². The van der Waals surface area contributed by atoms with E-state index in [-0.39, 0.29) is 12.3 Å². The lowest BCUT2D eigenvalue weighted by Gasteiger charge is -2.08. The highest BCUT2D eigenvalue weighted by atomic mass is 32.2. The van der Waals surface area contributed by atoms with Gasteiger partial charge in [-0.05, 0) is 35.0 Å². The number of aryl methyl sites for hydroxylation is 1. The first-order valence-corrected chi connectivity index (χ1v) is 9.38. The minimum Gasteiger partial charge on any atom is -0.382 e. The Kier molecular flexibility index (Phi) is 3.85. The molecule has 3 aromatic carbocycles. The number of para-hydroxylation sites is 1. The molecule has 1 heterocycles. The average molecular weight is 353 g/mol. The first-order chi connectivity index (χ1) is 12.1. The molecule has 0 aliphatic rings. The predicted octanol–water partition coefficient (Wildman–Crippen LogP) is 2.99. The van der Waals surface area contributed by atoms with E-state index in [1.807, 2.05) is 54.6 Å². The van der Waals surface area contributed by atoms with Crippen LogP contribution in [0.5, 0.6) is 5.75 Å². The lowest BCUT2D eigenvalue weighted by atomic mass is 10.1. The summed E-state index contributed by atoms with van der Waals surface area (Å²) in [4.78, 5) is 0. The first kappa shape index (κ1) is 15.6. The summed E-state index contributed by atoms with van der Waals surface area (Å²) in [6, 6.07) is 20.3. The van der Waals surface area contributed by atoms with Crippen LogP contribution in [-0.4, -0.2) is 29.2 Å². The fourth-order valence-corrected chi connectivity index (χ4v) is 3.57. The van der Waals surface area contributed by atoms with E-state index < -0.39 is 10.1 Å². The van der Waals surface area contributed by atoms with Crippen molar-refractivity contribution in [1.29, 1.82) is 0 Å². The lowest BCUT2D eigenvalue weighted by molar-refractivity contribution is 0.479. The standard InChI is InChI=1S/C18H15N3O3S/c22-25(23,12-11-21-18-8-4-3-7-17(18)19-20-21)24-16-10-9-14-5-1-2-6-15(14)13-16/h1-10,13H,11-12H2. The second-order valence-electron chi connectivity index (χ2n) is 5.66. The van der Waals surface area contributed by atoms with E-state index in [1.165, 1.54) is 0 Å². The zero-order chi connectivity index (χ0) is 17.3. The van der Waals surface area contributed by atoms with E-state index in [2.05, 4.69) is 10.3 Å². The maximum atomic E-state index is 12.3. The van der Waals surface area contributed by atoms with Gasteiger partial charge in [0.15, 0.2) is 0 Å². The summed E-state index contributed by atoms with van der Waals surface area (Å²) >= 11 is 0. The Labute approximate surface area is 144 Å². The van der Waals surface area contributed by atoms with Crippen LogP contribution in [0.1, 0.15) is 0 Å². The Morgan fingerprint density at radius 3 is 2.56 bits per heavy atom. The number of benzene rings is 3. The first-order valence-electron chi connectivity index (χ1n) is 7.80. The summed E-state index contributed by atoms with van der Waals surface area (Å²) in [5, 5.41) is 9.97. The largest absolute Gasteiger partial charge is 0.382 e. The molecule has 0 atom stereocenters. The van der Waals surface area contributed by atoms with Gasteiger partial charge in [-0.1, -0.05) is 47.7 Å². The molecule has 0 unspecified atom stereocenters. The van der Waals surface area contributed by atoms with Crippen LogP contribution in [0.25, 0.3) is 21.8 Å². The summed E-state index contributed by atoms with van der Waals surface area (Å²) in [7, 11) is -3.74. The highest BCUT2D eigenvalue weighted by Crippen LogP contribution is 2.22. The van der Waals surface area contributed by atoms with E-state index in [0.717, 1.165) is 21.8 Å². The molecule has 0 saturated carbocycles. The van der Waals surface area contributed by atoms with Crippen molar-refractivity contribution in [3.63, 3.8) is 0 Å². The van der Waals surface area contributed by atoms with Gasteiger partial charge < -0.3 is 4.18 Å². The molecule has 4 rings (SSSR count). The van der Waals surface area contributed by atoms with Crippen molar-refractivity contribution in [1.82, 2.24) is 15.0 Å². The van der Waals surface area contributed by atoms with Gasteiger partial charge in [-0.2, -0.15) is 8.42 Å². The van der Waals surface area contributed by atoms with Crippen molar-refractivity contribution in [3.8, 4) is 5.75 Å². The number of aromatic nitrogens is 3. The van der Waals surface area contributed by atoms with Gasteiger partial charge in [-0.3, -0.25) is 0 Å². The Hall–Kier alpha value is -2.93. The molecular formula is C18H15N3O3S. The van der Waals surface area contributed by atoms with Crippen LogP contribution in [0, 0.1) is 0 Å². The smallest absolute Gasteiger partial charge is 0.311 e. The summed E-state index contributed by atoms with van der Waals surface area (Å²) in [6.45, 7) is 0.177. The molecule has 0 spiro atoms. The molecule has 0 aliphatic heterocycles. The van der Waals surface area contributed by atoms with Crippen LogP contribution in [0.4, 0.5) is 0 Å². The fraction of sp³-hybridized carbons (Fsp3) is 0.111. The van der Waals surface area contributed by atoms with E-state index in [0.29, 0.717) is 5.75 Å². The van der Waals surface area contributed by atoms with Gasteiger partial charge in [0.2, 0.25) is 0 Å². The van der Waals surface area contributed by atoms with Gasteiger partial charge in [0.05, 0.1) is 12.1 Å². The molecule has 0 bridgehead atoms. The topological polar surface area (TPSA) is 74.1 Å². The van der Waals surface area contributed by atoms with Crippen LogP contribution < -0.4 is 4.18 Å². The van der Waals surface area contributed by atoms with Gasteiger partial charge in [0.1, 0.15) is 17.0 Å². The quantitative estimate of drug-likeness (QED) is 0.516. The summed E-state index contributed by atoms with van der Waals surface area (Å²) in [5.41, 5.74) is 1.53. The Morgan fingerprint density at radius 2 is 1.68 bits per heavy atom. The molecule has 0 saturated heterocycles. The van der Waals surface area contributed by atoms with Crippen LogP contribution in [0.3, 0.4) is 0 Å². The molecule has 126 valence electrons. The molecule has 0 N–H and O–H groups in total. The number of fused-ring (bicyclic) bond motifs is 2. The lowest BCUT2D eigenvalue weighted by Crippen LogP contribution is -2.18. The van der Waals surface area contributed by atoms with Crippen molar-refractivity contribution >= 4 is 31.9 Å². The molecule has 1 aromatic heterocycles. The van der Waals surface area contributed by atoms with Crippen LogP contribution in [0.2, 0.25) is 0 Å². The summed E-state index contributed by atoms with van der Waals surface area (Å²) in [5.74, 6) is 0.120. The van der Waals surface area contributed by atoms with Crippen molar-refractivity contribution in [2.24, 2.45) is 0 Å². The van der Waals surface area contributed by atoms with Crippen molar-refractivity contribution < 1.29 is 12.6 Å². The van der Waals surface area contributed by atoms with Gasteiger partial charge in [0, 0.05) is 0 Å². The van der Waals surface area contributed by atoms with Crippen molar-refractivity contribution in [2.75, 3.05) is 5.75 Å². The maximum absolute atomic E-state index is 12.3. The minimum atomic E-state index is -3.74. The normalized spacial score (nSPS) is 11.8. The van der Waals surface area contributed by atoms with Crippen LogP contribution in [0.15, 0.2) is 66.7 Å². The predicted molar refractivity (Wildman–Crippen MR) is 95.9 cm³/mol. The second-order valence-corrected chi connectivity index (χ2v) is 7.35. The Morgan fingerprint density at radius 1 is 0.920 bits per heavy atom. The van der Waals surface area contributed by atoms with Crippen molar-refractivity contribution in [2.45, 2.75) is 6.54 Å². The molecule has 0 fully saturated rings. The van der Waals surface area contributed by atoms with Gasteiger partial charge in [-0.15, -0.1) is 5.10 Å². The summed E-state index contributed by atoms with van der Waals surface area (Å²) < 4.78 is 31.4. The number of hydrogen-bond acceptors (Lipinski definition) is 5. The molecule has 7 heteroatoms. The van der Waals surface area contributed by atoms with E-state index in [9.17, 15) is 8.42 Å². The van der Waals surface area contributed by atoms with E-state index in [1.54, 1.807) is 16.8 Å². The third-order valence-corrected chi connectivity index (χ3v) is 5.05. The average Bonchev–Trinajstić information content (AvgIpc) is 3.03. The van der Waals surface area contributed by atoms with E-state index in [4.69, 9.17) is 4.18 Å². The molecule has 0 amide bonds. The number of nitrogens with zero attached hydrogens (tertiary/aromatic N) is 3. The molecule has 25 heavy (non-hydrogen) atoms. The molecular weight excluding hydrogens is 338 g/mol. The fourth-order valence-electron chi connectivity index (χ4n) is 2.69. The minimum absolute atomic E-state index is 0.177. The zero-order valence-electron chi connectivity index (χ0n) is 13.2. The van der Waals surface area contributed by atoms with Crippen molar-refractivity contribution in [3.05, 3.63) is 66.7 Å². The monoisotopic (exact) mass is 353 g/mol. The number of rotatable bonds is 5. The Bertz CT molecular complexity index is 1150. The van der Waals surface area contributed by atoms with Crippen LogP contribution in [-0.2, 0) is 16.7 Å². The highest BCUT2D eigenvalue weighted by molar-refractivity contribution is 7.87. The zero-order valence-corrected chi connectivity index (χ0v) is 14.1. The van der Waals surface area contributed by atoms with Gasteiger partial charge >= 0.3 is 10.1 Å². The molecule has 6 nitrogen and oxygen atoms in total. The maximum Gasteiger partial charge on any atom is 0.311 e. The molecule has 0 aliphatic carbocycles. The van der Waals surface area contributed by atoms with Crippen LogP contribution >= 0.6 is 0 Å². The third-order valence-electron chi connectivity index (χ3n) is 3.92. The SMILES string of the molecule is O=S(=O)(CCn1nnc2ccccc21)Oc1ccc2ccccc2c1. The van der Waals surface area contributed by atoms with E-state index >= 15 is 0 Å². The highest BCUT2D eigenvalue weighted by Gasteiger charge is 2.15.